The molecule has 10 heteroatoms. The number of carbonyl (C=O) groups is 5. The van der Waals surface area contributed by atoms with E-state index in [2.05, 4.69) is 37.8 Å². The number of ketones is 1. The summed E-state index contributed by atoms with van der Waals surface area (Å²) < 4.78 is 11.3. The third-order valence-corrected chi connectivity index (χ3v) is 9.63. The molecule has 0 amide bonds. The first-order chi connectivity index (χ1) is 28.2. The quantitative estimate of drug-likeness (QED) is 0.0586. The zero-order valence-corrected chi connectivity index (χ0v) is 32.9. The second-order valence-electron chi connectivity index (χ2n) is 15.1. The van der Waals surface area contributed by atoms with E-state index in [-0.39, 0.29) is 30.7 Å². The van der Waals surface area contributed by atoms with Crippen LogP contribution in [0.5, 0.6) is 11.5 Å². The van der Waals surface area contributed by atoms with E-state index in [1.165, 1.54) is 24.3 Å². The number of ether oxygens (including phenoxy) is 2. The third-order valence-electron chi connectivity index (χ3n) is 9.63. The fourth-order valence-electron chi connectivity index (χ4n) is 6.39. The minimum absolute atomic E-state index is 0.0135. The Bertz CT molecular complexity index is 2320. The van der Waals surface area contributed by atoms with Crippen molar-refractivity contribution in [2.75, 3.05) is 6.54 Å². The second-order valence-corrected chi connectivity index (χ2v) is 15.1. The standard InChI is InChI=1S/C49H43NO9/c1-49(2,3)50(31-44(51)37-7-5-4-6-8-37)30-34-25-40(35-17-21-42(22-18-35)58-47(56)38-13-9-32(10-14-38)27-45(52)53)29-41(26-34)36-19-23-43(24-20-36)59-48(57)39-15-11-33(12-16-39)28-46(54)55/h4-26,29H,27-28,30-31H2,1-3H3,(H,52,53)(H,54,55). The molecule has 0 aromatic heterocycles. The number of carbonyl (C=O) groups excluding carboxylic acids is 3. The highest BCUT2D eigenvalue weighted by molar-refractivity contribution is 5.97. The Morgan fingerprint density at radius 2 is 0.915 bits per heavy atom. The summed E-state index contributed by atoms with van der Waals surface area (Å²) >= 11 is 0. The van der Waals surface area contributed by atoms with Crippen molar-refractivity contribution >= 4 is 29.7 Å². The second kappa shape index (κ2) is 18.4. The summed E-state index contributed by atoms with van der Waals surface area (Å²) in [5, 5.41) is 18.1. The SMILES string of the molecule is CC(C)(C)N(CC(=O)c1ccccc1)Cc1cc(-c2ccc(OC(=O)c3ccc(CC(=O)O)cc3)cc2)cc(-c2ccc(OC(=O)c3ccc(CC(=O)O)cc3)cc2)c1. The molecule has 0 atom stereocenters. The number of carboxylic acids is 2. The number of nitrogens with zero attached hydrogens (tertiary/aromatic N) is 1. The normalized spacial score (nSPS) is 11.2. The van der Waals surface area contributed by atoms with Crippen LogP contribution in [0.3, 0.4) is 0 Å². The highest BCUT2D eigenvalue weighted by Crippen LogP contribution is 2.32. The molecule has 0 aliphatic heterocycles. The fourth-order valence-corrected chi connectivity index (χ4v) is 6.39. The Kier molecular flexibility index (Phi) is 12.9. The fraction of sp³-hybridized carbons (Fsp3) is 0.163. The van der Waals surface area contributed by atoms with Gasteiger partial charge in [-0.25, -0.2) is 9.59 Å². The van der Waals surface area contributed by atoms with E-state index in [1.807, 2.05) is 60.7 Å². The highest BCUT2D eigenvalue weighted by Gasteiger charge is 2.25. The number of hydrogen-bond donors (Lipinski definition) is 2. The molecule has 0 saturated heterocycles. The van der Waals surface area contributed by atoms with E-state index in [0.29, 0.717) is 45.9 Å². The number of Topliss-reactive ketones (excluding diaryl/α,β-unsaturated/α-hetero) is 1. The maximum absolute atomic E-state index is 13.4. The molecule has 2 N–H and O–H groups in total. The van der Waals surface area contributed by atoms with Gasteiger partial charge in [0.1, 0.15) is 11.5 Å². The van der Waals surface area contributed by atoms with Crippen LogP contribution in [0.4, 0.5) is 0 Å². The van der Waals surface area contributed by atoms with Crippen LogP contribution >= 0.6 is 0 Å². The van der Waals surface area contributed by atoms with E-state index >= 15 is 0 Å². The van der Waals surface area contributed by atoms with Crippen molar-refractivity contribution in [2.24, 2.45) is 0 Å². The molecule has 0 heterocycles. The molecule has 298 valence electrons. The summed E-state index contributed by atoms with van der Waals surface area (Å²) in [7, 11) is 0. The highest BCUT2D eigenvalue weighted by atomic mass is 16.5. The van der Waals surface area contributed by atoms with Crippen LogP contribution < -0.4 is 9.47 Å². The summed E-state index contributed by atoms with van der Waals surface area (Å²) in [5.74, 6) is -2.37. The molecule has 0 aliphatic carbocycles. The molecule has 0 aliphatic rings. The van der Waals surface area contributed by atoms with Gasteiger partial charge in [0.25, 0.3) is 0 Å². The Labute approximate surface area is 342 Å². The van der Waals surface area contributed by atoms with Crippen LogP contribution in [-0.4, -0.2) is 56.9 Å². The molecule has 10 nitrogen and oxygen atoms in total. The van der Waals surface area contributed by atoms with Crippen LogP contribution in [0.1, 0.15) is 68.5 Å². The van der Waals surface area contributed by atoms with Gasteiger partial charge >= 0.3 is 23.9 Å². The van der Waals surface area contributed by atoms with E-state index in [0.717, 1.165) is 27.8 Å². The van der Waals surface area contributed by atoms with Crippen molar-refractivity contribution in [2.45, 2.75) is 45.7 Å². The molecule has 59 heavy (non-hydrogen) atoms. The summed E-state index contributed by atoms with van der Waals surface area (Å²) in [6.07, 6.45) is -0.286. The number of rotatable bonds is 15. The van der Waals surface area contributed by atoms with Crippen molar-refractivity contribution in [3.63, 3.8) is 0 Å². The minimum atomic E-state index is -0.958. The van der Waals surface area contributed by atoms with Crippen LogP contribution in [-0.2, 0) is 29.0 Å². The predicted molar refractivity (Wildman–Crippen MR) is 224 cm³/mol. The number of benzene rings is 6. The van der Waals surface area contributed by atoms with E-state index in [4.69, 9.17) is 19.7 Å². The topological polar surface area (TPSA) is 148 Å². The molecular weight excluding hydrogens is 747 g/mol. The maximum atomic E-state index is 13.4. The van der Waals surface area contributed by atoms with Crippen LogP contribution in [0, 0.1) is 0 Å². The smallest absolute Gasteiger partial charge is 0.343 e. The Morgan fingerprint density at radius 3 is 1.31 bits per heavy atom. The third kappa shape index (κ3) is 11.5. The lowest BCUT2D eigenvalue weighted by atomic mass is 9.94. The lowest BCUT2D eigenvalue weighted by Crippen LogP contribution is -2.43. The summed E-state index contributed by atoms with van der Waals surface area (Å²) in [4.78, 5) is 63.4. The van der Waals surface area contributed by atoms with Gasteiger partial charge in [-0.15, -0.1) is 0 Å². The molecule has 0 bridgehead atoms. The lowest BCUT2D eigenvalue weighted by Gasteiger charge is -2.35. The molecule has 6 aromatic rings. The first-order valence-corrected chi connectivity index (χ1v) is 18.9. The molecule has 0 radical (unpaired) electrons. The molecule has 6 rings (SSSR count). The Balaban J connectivity index is 1.26. The molecule has 0 spiro atoms. The van der Waals surface area contributed by atoms with E-state index < -0.39 is 23.9 Å². The van der Waals surface area contributed by atoms with E-state index in [1.54, 1.807) is 48.5 Å². The minimum Gasteiger partial charge on any atom is -0.481 e. The van der Waals surface area contributed by atoms with Gasteiger partial charge in [0.15, 0.2) is 5.78 Å². The van der Waals surface area contributed by atoms with Gasteiger partial charge < -0.3 is 19.7 Å². The molecular formula is C49H43NO9. The number of esters is 2. The van der Waals surface area contributed by atoms with Crippen molar-refractivity contribution in [1.82, 2.24) is 4.90 Å². The summed E-state index contributed by atoms with van der Waals surface area (Å²) in [6.45, 7) is 6.89. The van der Waals surface area contributed by atoms with Crippen LogP contribution in [0.25, 0.3) is 22.3 Å². The van der Waals surface area contributed by atoms with Crippen molar-refractivity contribution in [3.8, 4) is 33.8 Å². The maximum Gasteiger partial charge on any atom is 0.343 e. The van der Waals surface area contributed by atoms with Gasteiger partial charge in [-0.3, -0.25) is 19.3 Å². The van der Waals surface area contributed by atoms with Crippen molar-refractivity contribution in [3.05, 3.63) is 179 Å². The average molecular weight is 790 g/mol. The monoisotopic (exact) mass is 789 g/mol. The first-order valence-electron chi connectivity index (χ1n) is 18.9. The number of aliphatic carboxylic acids is 2. The van der Waals surface area contributed by atoms with Gasteiger partial charge in [-0.2, -0.15) is 0 Å². The first kappa shape index (κ1) is 41.5. The molecule has 6 aromatic carbocycles. The largest absolute Gasteiger partial charge is 0.481 e. The number of carboxylic acid groups (broad SMARTS) is 2. The van der Waals surface area contributed by atoms with Gasteiger partial charge in [0.2, 0.25) is 0 Å². The zero-order valence-electron chi connectivity index (χ0n) is 32.9. The summed E-state index contributed by atoms with van der Waals surface area (Å²) in [5.41, 5.74) is 6.46. The van der Waals surface area contributed by atoms with Crippen molar-refractivity contribution in [1.29, 1.82) is 0 Å². The Morgan fingerprint density at radius 1 is 0.492 bits per heavy atom. The number of hydrogen-bond acceptors (Lipinski definition) is 8. The molecule has 0 unspecified atom stereocenters. The zero-order chi connectivity index (χ0) is 42.1. The van der Waals surface area contributed by atoms with Gasteiger partial charge in [0, 0.05) is 17.6 Å². The predicted octanol–water partition coefficient (Wildman–Crippen LogP) is 9.20. The lowest BCUT2D eigenvalue weighted by molar-refractivity contribution is -0.137. The molecule has 0 fully saturated rings. The van der Waals surface area contributed by atoms with Gasteiger partial charge in [0.05, 0.1) is 30.5 Å². The average Bonchev–Trinajstić information content (AvgIpc) is 3.21. The van der Waals surface area contributed by atoms with Crippen LogP contribution in [0.2, 0.25) is 0 Å². The van der Waals surface area contributed by atoms with Gasteiger partial charge in [-0.05, 0) is 126 Å². The van der Waals surface area contributed by atoms with Crippen LogP contribution in [0.15, 0.2) is 146 Å². The van der Waals surface area contributed by atoms with E-state index in [9.17, 15) is 24.0 Å². The molecule has 0 saturated carbocycles. The summed E-state index contributed by atoms with van der Waals surface area (Å²) in [6, 6.07) is 42.2. The Hall–Kier alpha value is -7.17. The van der Waals surface area contributed by atoms with Gasteiger partial charge in [-0.1, -0.05) is 78.9 Å². The van der Waals surface area contributed by atoms with Crippen molar-refractivity contribution < 1.29 is 43.7 Å².